The molecular weight excluding hydrogens is 314 g/mol. The van der Waals surface area contributed by atoms with Crippen LogP contribution < -0.4 is 16.0 Å². The van der Waals surface area contributed by atoms with Gasteiger partial charge in [0, 0.05) is 20.1 Å². The van der Waals surface area contributed by atoms with E-state index in [1.165, 1.54) is 6.07 Å². The van der Waals surface area contributed by atoms with E-state index in [1.54, 1.807) is 7.05 Å². The lowest BCUT2D eigenvalue weighted by Crippen LogP contribution is -2.48. The number of amides is 1. The molecule has 134 valence electrons. The van der Waals surface area contributed by atoms with Gasteiger partial charge in [0.2, 0.25) is 5.91 Å². The monoisotopic (exact) mass is 340 g/mol. The molecule has 1 amide bonds. The summed E-state index contributed by atoms with van der Waals surface area (Å²) in [5, 5.41) is 8.97. The zero-order valence-electron chi connectivity index (χ0n) is 14.8. The van der Waals surface area contributed by atoms with Crippen LogP contribution in [0.2, 0.25) is 0 Å². The Kier molecular flexibility index (Phi) is 7.13. The third kappa shape index (κ3) is 5.47. The van der Waals surface area contributed by atoms with Crippen LogP contribution >= 0.6 is 0 Å². The van der Waals surface area contributed by atoms with Gasteiger partial charge in [-0.05, 0) is 45.4 Å². The molecule has 1 atom stereocenters. The summed E-state index contributed by atoms with van der Waals surface area (Å²) in [6, 6.07) is 3.48. The van der Waals surface area contributed by atoms with E-state index in [4.69, 9.17) is 0 Å². The first-order valence-electron chi connectivity index (χ1n) is 7.91. The number of halogens is 2. The van der Waals surface area contributed by atoms with Crippen LogP contribution in [-0.4, -0.2) is 32.0 Å². The number of nitrogens with one attached hydrogen (secondary N) is 3. The number of nitrogens with zero attached hydrogens (tertiary/aromatic N) is 1. The topological polar surface area (TPSA) is 65.5 Å². The second-order valence-electron chi connectivity index (χ2n) is 6.21. The predicted octanol–water partition coefficient (Wildman–Crippen LogP) is 2.35. The molecular formula is C17H26F2N4O. The highest BCUT2D eigenvalue weighted by atomic mass is 19.2. The largest absolute Gasteiger partial charge is 0.356 e. The molecule has 7 heteroatoms. The van der Waals surface area contributed by atoms with Gasteiger partial charge < -0.3 is 16.0 Å². The van der Waals surface area contributed by atoms with Crippen molar-refractivity contribution in [3.05, 3.63) is 35.4 Å². The van der Waals surface area contributed by atoms with Gasteiger partial charge >= 0.3 is 0 Å². The van der Waals surface area contributed by atoms with E-state index < -0.39 is 17.0 Å². The molecule has 1 aromatic carbocycles. The van der Waals surface area contributed by atoms with Crippen molar-refractivity contribution in [1.29, 1.82) is 0 Å². The minimum atomic E-state index is -0.888. The van der Waals surface area contributed by atoms with Crippen molar-refractivity contribution in [2.75, 3.05) is 20.1 Å². The van der Waals surface area contributed by atoms with E-state index in [0.717, 1.165) is 12.1 Å². The van der Waals surface area contributed by atoms with Crippen molar-refractivity contribution < 1.29 is 13.6 Å². The van der Waals surface area contributed by atoms with E-state index in [1.807, 2.05) is 27.7 Å². The van der Waals surface area contributed by atoms with Gasteiger partial charge in [0.05, 0.1) is 11.5 Å². The average molecular weight is 340 g/mol. The second-order valence-corrected chi connectivity index (χ2v) is 6.21. The Balaban J connectivity index is 2.67. The molecule has 0 aliphatic carbocycles. The Bertz CT molecular complexity index is 602. The highest BCUT2D eigenvalue weighted by Gasteiger charge is 2.27. The minimum absolute atomic E-state index is 0.0541. The number of guanidine groups is 1. The van der Waals surface area contributed by atoms with Crippen LogP contribution in [0.15, 0.2) is 23.2 Å². The van der Waals surface area contributed by atoms with Gasteiger partial charge in [-0.3, -0.25) is 9.79 Å². The van der Waals surface area contributed by atoms with Gasteiger partial charge in [0.15, 0.2) is 17.6 Å². The maximum absolute atomic E-state index is 13.3. The van der Waals surface area contributed by atoms with Gasteiger partial charge in [-0.25, -0.2) is 8.78 Å². The van der Waals surface area contributed by atoms with Gasteiger partial charge in [-0.2, -0.15) is 0 Å². The molecule has 0 aromatic heterocycles. The molecule has 24 heavy (non-hydrogen) atoms. The average Bonchev–Trinajstić information content (AvgIpc) is 2.53. The van der Waals surface area contributed by atoms with Crippen LogP contribution in [0.25, 0.3) is 0 Å². The SMILES string of the molecule is CCNC(=O)C(C)(C)CNC(=NC)NC(C)c1ccc(F)c(F)c1. The standard InChI is InChI=1S/C17H26F2N4O/c1-6-21-15(24)17(3,4)10-22-16(20-5)23-11(2)12-7-8-13(18)14(19)9-12/h7-9,11H,6,10H2,1-5H3,(H,21,24)(H2,20,22,23). The van der Waals surface area contributed by atoms with Gasteiger partial charge in [-0.1, -0.05) is 6.07 Å². The molecule has 1 unspecified atom stereocenters. The molecule has 0 spiro atoms. The Hall–Kier alpha value is -2.18. The summed E-state index contributed by atoms with van der Waals surface area (Å²) in [5.74, 6) is -1.34. The van der Waals surface area contributed by atoms with Gasteiger partial charge in [0.1, 0.15) is 0 Å². The lowest BCUT2D eigenvalue weighted by Gasteiger charge is -2.26. The minimum Gasteiger partial charge on any atom is -0.356 e. The van der Waals surface area contributed by atoms with Crippen molar-refractivity contribution >= 4 is 11.9 Å². The van der Waals surface area contributed by atoms with Crippen molar-refractivity contribution in [3.63, 3.8) is 0 Å². The summed E-state index contributed by atoms with van der Waals surface area (Å²) in [6.07, 6.45) is 0. The summed E-state index contributed by atoms with van der Waals surface area (Å²) in [4.78, 5) is 16.1. The summed E-state index contributed by atoms with van der Waals surface area (Å²) in [6.45, 7) is 8.29. The number of aliphatic imine (C=N–C) groups is 1. The normalized spacial score (nSPS) is 13.4. The van der Waals surface area contributed by atoms with E-state index in [9.17, 15) is 13.6 Å². The molecule has 3 N–H and O–H groups in total. The van der Waals surface area contributed by atoms with Gasteiger partial charge in [0.25, 0.3) is 0 Å². The lowest BCUT2D eigenvalue weighted by atomic mass is 9.92. The maximum atomic E-state index is 13.3. The molecule has 0 radical (unpaired) electrons. The Morgan fingerprint density at radius 1 is 1.25 bits per heavy atom. The Labute approximate surface area is 141 Å². The van der Waals surface area contributed by atoms with Crippen LogP contribution in [0.1, 0.15) is 39.3 Å². The molecule has 0 bridgehead atoms. The summed E-state index contributed by atoms with van der Waals surface area (Å²) in [7, 11) is 1.60. The first-order valence-corrected chi connectivity index (χ1v) is 7.91. The van der Waals surface area contributed by atoms with Crippen molar-refractivity contribution in [2.45, 2.75) is 33.7 Å². The van der Waals surface area contributed by atoms with Crippen LogP contribution in [0, 0.1) is 17.0 Å². The van der Waals surface area contributed by atoms with Crippen molar-refractivity contribution in [3.8, 4) is 0 Å². The molecule has 1 aromatic rings. The van der Waals surface area contributed by atoms with Crippen molar-refractivity contribution in [1.82, 2.24) is 16.0 Å². The molecule has 0 aliphatic rings. The predicted molar refractivity (Wildman–Crippen MR) is 91.7 cm³/mol. The fourth-order valence-corrected chi connectivity index (χ4v) is 2.05. The highest BCUT2D eigenvalue weighted by molar-refractivity contribution is 5.84. The number of carbonyl (C=O) groups excluding carboxylic acids is 1. The smallest absolute Gasteiger partial charge is 0.227 e. The zero-order chi connectivity index (χ0) is 18.3. The Morgan fingerprint density at radius 2 is 1.92 bits per heavy atom. The van der Waals surface area contributed by atoms with Gasteiger partial charge in [-0.15, -0.1) is 0 Å². The summed E-state index contributed by atoms with van der Waals surface area (Å²) in [5.41, 5.74) is -0.0152. The summed E-state index contributed by atoms with van der Waals surface area (Å²) >= 11 is 0. The van der Waals surface area contributed by atoms with Crippen LogP contribution in [0.3, 0.4) is 0 Å². The first-order chi connectivity index (χ1) is 11.2. The number of benzene rings is 1. The van der Waals surface area contributed by atoms with E-state index >= 15 is 0 Å². The molecule has 0 heterocycles. The number of carbonyl (C=O) groups is 1. The molecule has 0 fully saturated rings. The van der Waals surface area contributed by atoms with E-state index in [0.29, 0.717) is 24.6 Å². The third-order valence-corrected chi connectivity index (χ3v) is 3.67. The molecule has 0 saturated carbocycles. The van der Waals surface area contributed by atoms with Crippen LogP contribution in [-0.2, 0) is 4.79 Å². The number of hydrogen-bond acceptors (Lipinski definition) is 2. The molecule has 5 nitrogen and oxygen atoms in total. The molecule has 1 rings (SSSR count). The third-order valence-electron chi connectivity index (χ3n) is 3.67. The zero-order valence-corrected chi connectivity index (χ0v) is 14.8. The maximum Gasteiger partial charge on any atom is 0.227 e. The molecule has 0 aliphatic heterocycles. The Morgan fingerprint density at radius 3 is 2.46 bits per heavy atom. The quantitative estimate of drug-likeness (QED) is 0.550. The van der Waals surface area contributed by atoms with Crippen LogP contribution in [0.4, 0.5) is 8.78 Å². The first kappa shape index (κ1) is 19.9. The lowest BCUT2D eigenvalue weighted by molar-refractivity contribution is -0.128. The van der Waals surface area contributed by atoms with E-state index in [2.05, 4.69) is 20.9 Å². The van der Waals surface area contributed by atoms with Crippen molar-refractivity contribution in [2.24, 2.45) is 10.4 Å². The highest BCUT2D eigenvalue weighted by Crippen LogP contribution is 2.16. The fourth-order valence-electron chi connectivity index (χ4n) is 2.05. The molecule has 0 saturated heterocycles. The van der Waals surface area contributed by atoms with E-state index in [-0.39, 0.29) is 11.9 Å². The number of hydrogen-bond donors (Lipinski definition) is 3. The van der Waals surface area contributed by atoms with Crippen LogP contribution in [0.5, 0.6) is 0 Å². The fraction of sp³-hybridized carbons (Fsp3) is 0.529. The summed E-state index contributed by atoms with van der Waals surface area (Å²) < 4.78 is 26.3. The second kappa shape index (κ2) is 8.61. The number of rotatable bonds is 6.